The molecule has 0 saturated carbocycles. The van der Waals surface area contributed by atoms with Crippen molar-refractivity contribution in [3.05, 3.63) is 75.9 Å². The Morgan fingerprint density at radius 3 is 2.81 bits per heavy atom. The number of thiazole rings is 1. The summed E-state index contributed by atoms with van der Waals surface area (Å²) in [7, 11) is 0. The molecule has 0 fully saturated rings. The largest absolute Gasteiger partial charge is 0.241 e. The lowest BCUT2D eigenvalue weighted by Gasteiger charge is -2.00. The van der Waals surface area contributed by atoms with Crippen molar-refractivity contribution in [2.45, 2.75) is 6.42 Å². The molecule has 2 aromatic carbocycles. The second-order valence-electron chi connectivity index (χ2n) is 4.59. The molecule has 0 N–H and O–H groups in total. The van der Waals surface area contributed by atoms with Gasteiger partial charge in [-0.15, -0.1) is 11.3 Å². The summed E-state index contributed by atoms with van der Waals surface area (Å²) in [5.74, 6) is -0.208. The van der Waals surface area contributed by atoms with Gasteiger partial charge in [-0.3, -0.25) is 0 Å². The molecule has 0 aliphatic rings. The molecule has 102 valence electrons. The van der Waals surface area contributed by atoms with E-state index in [4.69, 9.17) is 5.26 Å². The van der Waals surface area contributed by atoms with Crippen LogP contribution < -0.4 is 0 Å². The highest BCUT2D eigenvalue weighted by Gasteiger charge is 2.08. The highest BCUT2D eigenvalue weighted by atomic mass is 32.1. The molecule has 3 rings (SSSR count). The van der Waals surface area contributed by atoms with Crippen molar-refractivity contribution >= 4 is 11.3 Å². The SMILES string of the molecule is N#Cc1cccc(-c2csc(Cc3ccccc3F)n2)c1. The number of halogens is 1. The Kier molecular flexibility index (Phi) is 3.76. The molecule has 4 heteroatoms. The Balaban J connectivity index is 1.87. The smallest absolute Gasteiger partial charge is 0.126 e. The van der Waals surface area contributed by atoms with Gasteiger partial charge in [-0.25, -0.2) is 9.37 Å². The summed E-state index contributed by atoms with van der Waals surface area (Å²) in [5.41, 5.74) is 2.98. The first-order chi connectivity index (χ1) is 10.3. The van der Waals surface area contributed by atoms with E-state index in [1.165, 1.54) is 17.4 Å². The number of hydrogen-bond acceptors (Lipinski definition) is 3. The number of hydrogen-bond donors (Lipinski definition) is 0. The molecule has 21 heavy (non-hydrogen) atoms. The molecule has 0 radical (unpaired) electrons. The number of nitrogens with zero attached hydrogens (tertiary/aromatic N) is 2. The van der Waals surface area contributed by atoms with E-state index in [9.17, 15) is 4.39 Å². The summed E-state index contributed by atoms with van der Waals surface area (Å²) < 4.78 is 13.6. The Morgan fingerprint density at radius 2 is 2.00 bits per heavy atom. The Bertz CT molecular complexity index is 817. The van der Waals surface area contributed by atoms with E-state index in [-0.39, 0.29) is 5.82 Å². The summed E-state index contributed by atoms with van der Waals surface area (Å²) in [6.45, 7) is 0. The lowest BCUT2D eigenvalue weighted by molar-refractivity contribution is 0.614. The fourth-order valence-corrected chi connectivity index (χ4v) is 2.90. The van der Waals surface area contributed by atoms with Crippen molar-refractivity contribution in [1.29, 1.82) is 5.26 Å². The number of aromatic nitrogens is 1. The molecule has 1 aromatic heterocycles. The zero-order valence-electron chi connectivity index (χ0n) is 11.1. The van der Waals surface area contributed by atoms with Crippen LogP contribution >= 0.6 is 11.3 Å². The molecule has 1 heterocycles. The highest BCUT2D eigenvalue weighted by molar-refractivity contribution is 7.10. The van der Waals surface area contributed by atoms with Crippen LogP contribution in [0, 0.1) is 17.1 Å². The van der Waals surface area contributed by atoms with Gasteiger partial charge in [0.25, 0.3) is 0 Å². The van der Waals surface area contributed by atoms with Crippen LogP contribution in [0.2, 0.25) is 0 Å². The number of nitriles is 1. The van der Waals surface area contributed by atoms with Gasteiger partial charge in [-0.2, -0.15) is 5.26 Å². The monoisotopic (exact) mass is 294 g/mol. The van der Waals surface area contributed by atoms with E-state index < -0.39 is 0 Å². The van der Waals surface area contributed by atoms with Crippen LogP contribution in [-0.2, 0) is 6.42 Å². The van der Waals surface area contributed by atoms with Gasteiger partial charge in [0.05, 0.1) is 22.3 Å². The quantitative estimate of drug-likeness (QED) is 0.717. The average Bonchev–Trinajstić information content (AvgIpc) is 2.98. The topological polar surface area (TPSA) is 36.7 Å². The molecule has 0 aliphatic heterocycles. The minimum Gasteiger partial charge on any atom is -0.241 e. The zero-order valence-corrected chi connectivity index (χ0v) is 11.9. The van der Waals surface area contributed by atoms with E-state index in [1.54, 1.807) is 18.2 Å². The van der Waals surface area contributed by atoms with Gasteiger partial charge in [-0.05, 0) is 23.8 Å². The number of rotatable bonds is 3. The third-order valence-electron chi connectivity index (χ3n) is 3.14. The third-order valence-corrected chi connectivity index (χ3v) is 3.99. The van der Waals surface area contributed by atoms with Crippen LogP contribution in [0.25, 0.3) is 11.3 Å². The van der Waals surface area contributed by atoms with Gasteiger partial charge < -0.3 is 0 Å². The van der Waals surface area contributed by atoms with E-state index in [0.717, 1.165) is 16.3 Å². The Morgan fingerprint density at radius 1 is 1.14 bits per heavy atom. The molecule has 0 bridgehead atoms. The first-order valence-electron chi connectivity index (χ1n) is 6.44. The van der Waals surface area contributed by atoms with E-state index in [1.807, 2.05) is 29.6 Å². The number of benzene rings is 2. The van der Waals surface area contributed by atoms with Gasteiger partial charge in [-0.1, -0.05) is 30.3 Å². The maximum Gasteiger partial charge on any atom is 0.126 e. The molecular formula is C17H11FN2S. The van der Waals surface area contributed by atoms with Crippen LogP contribution in [0.5, 0.6) is 0 Å². The minimum absolute atomic E-state index is 0.208. The van der Waals surface area contributed by atoms with Gasteiger partial charge in [0.2, 0.25) is 0 Å². The van der Waals surface area contributed by atoms with Gasteiger partial charge in [0, 0.05) is 17.4 Å². The summed E-state index contributed by atoms with van der Waals surface area (Å²) in [6.07, 6.45) is 0.481. The molecule has 0 amide bonds. The second-order valence-corrected chi connectivity index (χ2v) is 5.53. The van der Waals surface area contributed by atoms with Crippen LogP contribution in [0.1, 0.15) is 16.1 Å². The van der Waals surface area contributed by atoms with Gasteiger partial charge >= 0.3 is 0 Å². The summed E-state index contributed by atoms with van der Waals surface area (Å²) in [5, 5.41) is 11.7. The molecule has 0 spiro atoms. The third kappa shape index (κ3) is 2.99. The molecule has 0 unspecified atom stereocenters. The van der Waals surface area contributed by atoms with Crippen molar-refractivity contribution < 1.29 is 4.39 Å². The van der Waals surface area contributed by atoms with Crippen molar-refractivity contribution in [2.75, 3.05) is 0 Å². The molecule has 3 aromatic rings. The molecule has 2 nitrogen and oxygen atoms in total. The lowest BCUT2D eigenvalue weighted by atomic mass is 10.1. The fraction of sp³-hybridized carbons (Fsp3) is 0.0588. The Labute approximate surface area is 126 Å². The van der Waals surface area contributed by atoms with Crippen LogP contribution in [0.4, 0.5) is 4.39 Å². The summed E-state index contributed by atoms with van der Waals surface area (Å²) in [4.78, 5) is 4.53. The Hall–Kier alpha value is -2.51. The maximum atomic E-state index is 13.6. The van der Waals surface area contributed by atoms with E-state index >= 15 is 0 Å². The lowest BCUT2D eigenvalue weighted by Crippen LogP contribution is -1.91. The fourth-order valence-electron chi connectivity index (χ4n) is 2.08. The predicted octanol–water partition coefficient (Wildman–Crippen LogP) is 4.41. The standard InChI is InChI=1S/C17H11FN2S/c18-15-7-2-1-5-13(15)9-17-20-16(11-21-17)14-6-3-4-12(8-14)10-19/h1-8,11H,9H2. The van der Waals surface area contributed by atoms with Gasteiger partial charge in [0.15, 0.2) is 0 Å². The second kappa shape index (κ2) is 5.86. The van der Waals surface area contributed by atoms with E-state index in [2.05, 4.69) is 11.1 Å². The van der Waals surface area contributed by atoms with Crippen LogP contribution in [-0.4, -0.2) is 4.98 Å². The molecule has 0 aliphatic carbocycles. The molecule has 0 saturated heterocycles. The normalized spacial score (nSPS) is 10.3. The van der Waals surface area contributed by atoms with Crippen molar-refractivity contribution in [2.24, 2.45) is 0 Å². The van der Waals surface area contributed by atoms with Crippen molar-refractivity contribution in [3.8, 4) is 17.3 Å². The van der Waals surface area contributed by atoms with E-state index in [0.29, 0.717) is 17.5 Å². The maximum absolute atomic E-state index is 13.6. The van der Waals surface area contributed by atoms with Gasteiger partial charge in [0.1, 0.15) is 5.82 Å². The summed E-state index contributed by atoms with van der Waals surface area (Å²) >= 11 is 1.50. The van der Waals surface area contributed by atoms with Crippen LogP contribution in [0.15, 0.2) is 53.9 Å². The molecular weight excluding hydrogens is 283 g/mol. The highest BCUT2D eigenvalue weighted by Crippen LogP contribution is 2.24. The van der Waals surface area contributed by atoms with Crippen molar-refractivity contribution in [3.63, 3.8) is 0 Å². The predicted molar refractivity (Wildman–Crippen MR) is 81.5 cm³/mol. The van der Waals surface area contributed by atoms with Crippen LogP contribution in [0.3, 0.4) is 0 Å². The summed E-state index contributed by atoms with van der Waals surface area (Å²) in [6, 6.07) is 16.2. The first kappa shape index (κ1) is 13.5. The van der Waals surface area contributed by atoms with Crippen molar-refractivity contribution in [1.82, 2.24) is 4.98 Å². The average molecular weight is 294 g/mol. The molecule has 0 atom stereocenters. The minimum atomic E-state index is -0.208. The zero-order chi connectivity index (χ0) is 14.7. The first-order valence-corrected chi connectivity index (χ1v) is 7.32.